The second-order valence-electron chi connectivity index (χ2n) is 8.03. The first kappa shape index (κ1) is 28.2. The fraction of sp³-hybridized carbons (Fsp3) is 0.500. The van der Waals surface area contributed by atoms with Crippen LogP contribution in [0.25, 0.3) is 0 Å². The zero-order valence-corrected chi connectivity index (χ0v) is 20.2. The topological polar surface area (TPSA) is 151 Å². The van der Waals surface area contributed by atoms with E-state index in [1.165, 1.54) is 18.2 Å². The highest BCUT2D eigenvalue weighted by Crippen LogP contribution is 2.22. The Morgan fingerprint density at radius 3 is 2.35 bits per heavy atom. The predicted octanol–water partition coefficient (Wildman–Crippen LogP) is 1.95. The number of unbranched alkanes of at least 4 members (excludes halogenated alkanes) is 3. The van der Waals surface area contributed by atoms with E-state index in [0.29, 0.717) is 44.1 Å². The second-order valence-corrected chi connectivity index (χ2v) is 9.60. The Labute approximate surface area is 201 Å². The second kappa shape index (κ2) is 15.0. The van der Waals surface area contributed by atoms with Crippen LogP contribution in [0.15, 0.2) is 47.4 Å². The molecule has 2 aromatic rings. The molecule has 0 aliphatic rings. The first-order chi connectivity index (χ1) is 16.3. The SMILES string of the molecule is NS(=O)(=O)c1ccc(COCCOCCCCCCNC[C@@H](O)c2ccc(O)c(CO)c2)cc1. The maximum Gasteiger partial charge on any atom is 0.238 e. The van der Waals surface area contributed by atoms with Gasteiger partial charge in [-0.25, -0.2) is 13.6 Å². The van der Waals surface area contributed by atoms with Crippen LogP contribution in [-0.4, -0.2) is 56.6 Å². The highest BCUT2D eigenvalue weighted by Gasteiger charge is 2.10. The molecule has 34 heavy (non-hydrogen) atoms. The van der Waals surface area contributed by atoms with E-state index in [1.54, 1.807) is 24.3 Å². The number of aromatic hydroxyl groups is 1. The number of primary sulfonamides is 1. The molecule has 0 bridgehead atoms. The predicted molar refractivity (Wildman–Crippen MR) is 129 cm³/mol. The van der Waals surface area contributed by atoms with Gasteiger partial charge in [-0.1, -0.05) is 31.0 Å². The highest BCUT2D eigenvalue weighted by molar-refractivity contribution is 7.89. The lowest BCUT2D eigenvalue weighted by Crippen LogP contribution is -2.22. The third kappa shape index (κ3) is 10.5. The molecule has 2 rings (SSSR count). The number of aliphatic hydroxyl groups excluding tert-OH is 2. The summed E-state index contributed by atoms with van der Waals surface area (Å²) in [4.78, 5) is 0.0828. The Bertz CT molecular complexity index is 952. The van der Waals surface area contributed by atoms with E-state index in [9.17, 15) is 23.7 Å². The number of benzene rings is 2. The van der Waals surface area contributed by atoms with Crippen molar-refractivity contribution in [1.29, 1.82) is 0 Å². The Morgan fingerprint density at radius 2 is 1.65 bits per heavy atom. The van der Waals surface area contributed by atoms with Crippen molar-refractivity contribution in [3.05, 3.63) is 59.2 Å². The van der Waals surface area contributed by atoms with E-state index in [4.69, 9.17) is 14.6 Å². The molecule has 0 heterocycles. The van der Waals surface area contributed by atoms with E-state index in [2.05, 4.69) is 5.32 Å². The van der Waals surface area contributed by atoms with E-state index in [-0.39, 0.29) is 17.3 Å². The number of hydrogen-bond acceptors (Lipinski definition) is 8. The van der Waals surface area contributed by atoms with E-state index in [1.807, 2.05) is 0 Å². The van der Waals surface area contributed by atoms with Crippen molar-refractivity contribution in [2.24, 2.45) is 5.14 Å². The van der Waals surface area contributed by atoms with Crippen LogP contribution in [0, 0.1) is 0 Å². The molecular weight excluding hydrogens is 460 g/mol. The van der Waals surface area contributed by atoms with Crippen molar-refractivity contribution < 1.29 is 33.2 Å². The van der Waals surface area contributed by atoms with Gasteiger partial charge in [0, 0.05) is 18.7 Å². The average Bonchev–Trinajstić information content (AvgIpc) is 2.82. The van der Waals surface area contributed by atoms with Gasteiger partial charge >= 0.3 is 0 Å². The molecule has 0 saturated carbocycles. The van der Waals surface area contributed by atoms with Gasteiger partial charge in [-0.2, -0.15) is 0 Å². The number of aliphatic hydroxyl groups is 2. The summed E-state index contributed by atoms with van der Waals surface area (Å²) in [6.45, 7) is 2.96. The number of phenols is 1. The van der Waals surface area contributed by atoms with Crippen LogP contribution in [0.1, 0.15) is 48.5 Å². The van der Waals surface area contributed by atoms with Gasteiger partial charge in [-0.15, -0.1) is 0 Å². The molecule has 6 N–H and O–H groups in total. The minimum Gasteiger partial charge on any atom is -0.508 e. The fourth-order valence-corrected chi connectivity index (χ4v) is 3.80. The standard InChI is InChI=1S/C24H36N2O7S/c25-34(30,31)22-8-5-19(6-9-22)18-33-14-13-32-12-4-2-1-3-11-26-16-24(29)20-7-10-23(28)21(15-20)17-27/h5-10,15,24,26-29H,1-4,11-14,16-18H2,(H2,25,30,31)/t24-/m1/s1. The monoisotopic (exact) mass is 496 g/mol. The van der Waals surface area contributed by atoms with Gasteiger partial charge in [0.25, 0.3) is 0 Å². The third-order valence-electron chi connectivity index (χ3n) is 5.28. The van der Waals surface area contributed by atoms with E-state index >= 15 is 0 Å². The zero-order chi connectivity index (χ0) is 24.8. The van der Waals surface area contributed by atoms with Crippen LogP contribution in [0.3, 0.4) is 0 Å². The number of hydrogen-bond donors (Lipinski definition) is 5. The molecule has 0 unspecified atom stereocenters. The molecule has 0 fully saturated rings. The maximum atomic E-state index is 11.2. The fourth-order valence-electron chi connectivity index (χ4n) is 3.29. The van der Waals surface area contributed by atoms with Crippen molar-refractivity contribution in [1.82, 2.24) is 5.32 Å². The van der Waals surface area contributed by atoms with Crippen molar-refractivity contribution >= 4 is 10.0 Å². The molecule has 0 saturated heterocycles. The van der Waals surface area contributed by atoms with Crippen LogP contribution in [0.5, 0.6) is 5.75 Å². The van der Waals surface area contributed by atoms with Gasteiger partial charge in [-0.05, 0) is 54.8 Å². The Hall–Kier alpha value is -2.05. The first-order valence-electron chi connectivity index (χ1n) is 11.4. The van der Waals surface area contributed by atoms with Crippen LogP contribution in [0.2, 0.25) is 0 Å². The minimum atomic E-state index is -3.67. The summed E-state index contributed by atoms with van der Waals surface area (Å²) in [5, 5.41) is 37.3. The molecule has 0 spiro atoms. The normalized spacial score (nSPS) is 12.7. The molecule has 9 nitrogen and oxygen atoms in total. The van der Waals surface area contributed by atoms with Crippen LogP contribution < -0.4 is 10.5 Å². The lowest BCUT2D eigenvalue weighted by Gasteiger charge is -2.14. The Balaban J connectivity index is 1.41. The van der Waals surface area contributed by atoms with Gasteiger partial charge in [0.1, 0.15) is 5.75 Å². The van der Waals surface area contributed by atoms with Crippen molar-refractivity contribution in [3.8, 4) is 5.75 Å². The molecular formula is C24H36N2O7S. The molecule has 0 aliphatic heterocycles. The Kier molecular flexibility index (Phi) is 12.5. The highest BCUT2D eigenvalue weighted by atomic mass is 32.2. The lowest BCUT2D eigenvalue weighted by molar-refractivity contribution is 0.0392. The quantitative estimate of drug-likeness (QED) is 0.208. The molecule has 0 amide bonds. The summed E-state index contributed by atoms with van der Waals surface area (Å²) < 4.78 is 33.5. The molecule has 1 atom stereocenters. The molecule has 10 heteroatoms. The van der Waals surface area contributed by atoms with Crippen LogP contribution in [0.4, 0.5) is 0 Å². The summed E-state index contributed by atoms with van der Waals surface area (Å²) >= 11 is 0. The van der Waals surface area contributed by atoms with Crippen molar-refractivity contribution in [2.75, 3.05) is 32.9 Å². The zero-order valence-electron chi connectivity index (χ0n) is 19.4. The van der Waals surface area contributed by atoms with Gasteiger partial charge in [-0.3, -0.25) is 0 Å². The largest absolute Gasteiger partial charge is 0.508 e. The molecule has 0 radical (unpaired) electrons. The third-order valence-corrected chi connectivity index (χ3v) is 6.21. The lowest BCUT2D eigenvalue weighted by atomic mass is 10.1. The number of nitrogens with two attached hydrogens (primary N) is 1. The number of sulfonamides is 1. The van der Waals surface area contributed by atoms with Crippen LogP contribution in [-0.2, 0) is 32.7 Å². The van der Waals surface area contributed by atoms with Gasteiger partial charge in [0.05, 0.1) is 37.4 Å². The van der Waals surface area contributed by atoms with E-state index in [0.717, 1.165) is 37.8 Å². The number of rotatable bonds is 17. The summed E-state index contributed by atoms with van der Waals surface area (Å²) in [5.41, 5.74) is 1.93. The number of ether oxygens (including phenoxy) is 2. The summed E-state index contributed by atoms with van der Waals surface area (Å²) in [7, 11) is -3.67. The van der Waals surface area contributed by atoms with Gasteiger partial charge in [0.2, 0.25) is 10.0 Å². The first-order valence-corrected chi connectivity index (χ1v) is 12.9. The minimum absolute atomic E-state index is 0.0259. The smallest absolute Gasteiger partial charge is 0.238 e. The Morgan fingerprint density at radius 1 is 0.941 bits per heavy atom. The van der Waals surface area contributed by atoms with Crippen molar-refractivity contribution in [2.45, 2.75) is 49.9 Å². The summed E-state index contributed by atoms with van der Waals surface area (Å²) in [6, 6.07) is 11.0. The summed E-state index contributed by atoms with van der Waals surface area (Å²) in [5.74, 6) is 0.0259. The van der Waals surface area contributed by atoms with Crippen LogP contribution >= 0.6 is 0 Å². The number of nitrogens with one attached hydrogen (secondary N) is 1. The molecule has 0 aliphatic carbocycles. The maximum absolute atomic E-state index is 11.2. The average molecular weight is 497 g/mol. The van der Waals surface area contributed by atoms with Gasteiger partial charge < -0.3 is 30.1 Å². The van der Waals surface area contributed by atoms with Gasteiger partial charge in [0.15, 0.2) is 0 Å². The van der Waals surface area contributed by atoms with E-state index < -0.39 is 16.1 Å². The molecule has 0 aromatic heterocycles. The molecule has 2 aromatic carbocycles. The summed E-state index contributed by atoms with van der Waals surface area (Å²) in [6.07, 6.45) is 3.39. The van der Waals surface area contributed by atoms with Crippen molar-refractivity contribution in [3.63, 3.8) is 0 Å². The molecule has 190 valence electrons.